The molecule has 1 aliphatic carbocycles. The van der Waals surface area contributed by atoms with Crippen molar-refractivity contribution in [3.05, 3.63) is 0 Å². The fourth-order valence-electron chi connectivity index (χ4n) is 1.61. The molecule has 1 saturated carbocycles. The molecular weight excluding hydrogens is 232 g/mol. The molecule has 17 heavy (non-hydrogen) atoms. The molecule has 0 aliphatic heterocycles. The predicted octanol–water partition coefficient (Wildman–Crippen LogP) is 2.57. The number of rotatable bonds is 6. The Morgan fingerprint density at radius 2 is 2.12 bits per heavy atom. The predicted molar refractivity (Wildman–Crippen MR) is 71.6 cm³/mol. The third-order valence-electron chi connectivity index (χ3n) is 3.44. The average molecular weight is 254 g/mol. The summed E-state index contributed by atoms with van der Waals surface area (Å²) in [5.41, 5.74) is -0.654. The zero-order chi connectivity index (χ0) is 13.1. The highest BCUT2D eigenvalue weighted by atomic mass is 32.2. The van der Waals surface area contributed by atoms with Gasteiger partial charge in [0.25, 0.3) is 0 Å². The average Bonchev–Trinajstić information content (AvgIpc) is 3.09. The van der Waals surface area contributed by atoms with Gasteiger partial charge in [0, 0.05) is 5.25 Å². The van der Waals surface area contributed by atoms with E-state index in [1.165, 1.54) is 0 Å². The van der Waals surface area contributed by atoms with Crippen molar-refractivity contribution in [2.75, 3.05) is 5.75 Å². The third kappa shape index (κ3) is 4.23. The monoisotopic (exact) mass is 254 g/mol. The van der Waals surface area contributed by atoms with Crippen LogP contribution in [0.2, 0.25) is 0 Å². The van der Waals surface area contributed by atoms with Crippen LogP contribution in [0, 0.1) is 23.2 Å². The van der Waals surface area contributed by atoms with Crippen molar-refractivity contribution in [1.29, 1.82) is 5.26 Å². The van der Waals surface area contributed by atoms with E-state index in [0.717, 1.165) is 12.8 Å². The Bertz CT molecular complexity index is 320. The first kappa shape index (κ1) is 14.4. The van der Waals surface area contributed by atoms with Crippen LogP contribution in [0.25, 0.3) is 0 Å². The summed E-state index contributed by atoms with van der Waals surface area (Å²) in [6.45, 7) is 8.27. The molecule has 4 heteroatoms. The van der Waals surface area contributed by atoms with Gasteiger partial charge in [0.15, 0.2) is 0 Å². The van der Waals surface area contributed by atoms with E-state index in [-0.39, 0.29) is 5.91 Å². The minimum atomic E-state index is -0.654. The molecule has 96 valence electrons. The van der Waals surface area contributed by atoms with E-state index in [0.29, 0.717) is 22.8 Å². The largest absolute Gasteiger partial charge is 0.337 e. The number of hydrogen-bond donors (Lipinski definition) is 1. The Kier molecular flexibility index (Phi) is 4.88. The molecule has 0 radical (unpaired) electrons. The van der Waals surface area contributed by atoms with Gasteiger partial charge in [-0.2, -0.15) is 5.26 Å². The van der Waals surface area contributed by atoms with Crippen LogP contribution >= 0.6 is 11.8 Å². The number of hydrogen-bond acceptors (Lipinski definition) is 3. The minimum absolute atomic E-state index is 0.0153. The normalized spacial score (nSPS) is 20.5. The van der Waals surface area contributed by atoms with Crippen LogP contribution in [-0.4, -0.2) is 22.4 Å². The standard InChI is InChI=1S/C13H22N2OS/c1-9(2)10(3)17-7-12(16)15-13(4,8-14)11-5-6-11/h9-11H,5-7H2,1-4H3,(H,15,16)/t10-,13+/m1/s1. The van der Waals surface area contributed by atoms with Gasteiger partial charge in [-0.1, -0.05) is 20.8 Å². The van der Waals surface area contributed by atoms with Gasteiger partial charge in [-0.05, 0) is 31.6 Å². The van der Waals surface area contributed by atoms with Crippen molar-refractivity contribution in [1.82, 2.24) is 5.32 Å². The zero-order valence-corrected chi connectivity index (χ0v) is 11.9. The quantitative estimate of drug-likeness (QED) is 0.792. The lowest BCUT2D eigenvalue weighted by molar-refractivity contribution is -0.119. The fraction of sp³-hybridized carbons (Fsp3) is 0.846. The number of nitrogens with zero attached hydrogens (tertiary/aromatic N) is 1. The van der Waals surface area contributed by atoms with E-state index in [2.05, 4.69) is 32.2 Å². The SMILES string of the molecule is CC(C)[C@@H](C)SCC(=O)N[C@@](C)(C#N)C1CC1. The molecule has 3 nitrogen and oxygen atoms in total. The fourth-order valence-corrected chi connectivity index (χ4v) is 2.48. The van der Waals surface area contributed by atoms with Gasteiger partial charge in [-0.25, -0.2) is 0 Å². The van der Waals surface area contributed by atoms with Crippen molar-refractivity contribution < 1.29 is 4.79 Å². The number of nitriles is 1. The van der Waals surface area contributed by atoms with Gasteiger partial charge in [-0.3, -0.25) is 4.79 Å². The molecule has 1 aliphatic rings. The van der Waals surface area contributed by atoms with Crippen LogP contribution in [0.4, 0.5) is 0 Å². The van der Waals surface area contributed by atoms with Gasteiger partial charge < -0.3 is 5.32 Å². The summed E-state index contributed by atoms with van der Waals surface area (Å²) in [5.74, 6) is 1.35. The van der Waals surface area contributed by atoms with E-state index in [1.807, 2.05) is 6.92 Å². The highest BCUT2D eigenvalue weighted by molar-refractivity contribution is 8.00. The topological polar surface area (TPSA) is 52.9 Å². The van der Waals surface area contributed by atoms with Crippen LogP contribution in [0.1, 0.15) is 40.5 Å². The van der Waals surface area contributed by atoms with Crippen LogP contribution in [-0.2, 0) is 4.79 Å². The second kappa shape index (κ2) is 5.77. The molecule has 0 aromatic heterocycles. The number of nitrogens with one attached hydrogen (secondary N) is 1. The van der Waals surface area contributed by atoms with Crippen LogP contribution in [0.15, 0.2) is 0 Å². The van der Waals surface area contributed by atoms with Crippen molar-refractivity contribution in [2.45, 2.75) is 51.3 Å². The summed E-state index contributed by atoms with van der Waals surface area (Å²) in [6.07, 6.45) is 2.11. The van der Waals surface area contributed by atoms with Crippen molar-refractivity contribution in [2.24, 2.45) is 11.8 Å². The smallest absolute Gasteiger partial charge is 0.231 e. The first-order valence-electron chi connectivity index (χ1n) is 6.23. The molecule has 1 fully saturated rings. The maximum Gasteiger partial charge on any atom is 0.231 e. The van der Waals surface area contributed by atoms with Gasteiger partial charge >= 0.3 is 0 Å². The first-order chi connectivity index (χ1) is 7.89. The number of carbonyl (C=O) groups is 1. The second-order valence-corrected chi connectivity index (χ2v) is 6.76. The van der Waals surface area contributed by atoms with Crippen LogP contribution in [0.5, 0.6) is 0 Å². The highest BCUT2D eigenvalue weighted by Crippen LogP contribution is 2.39. The number of amides is 1. The van der Waals surface area contributed by atoms with Crippen molar-refractivity contribution in [3.8, 4) is 6.07 Å². The summed E-state index contributed by atoms with van der Waals surface area (Å²) in [6, 6.07) is 2.24. The molecule has 0 spiro atoms. The Morgan fingerprint density at radius 1 is 1.53 bits per heavy atom. The summed E-state index contributed by atoms with van der Waals surface area (Å²) in [4.78, 5) is 11.8. The van der Waals surface area contributed by atoms with E-state index in [9.17, 15) is 4.79 Å². The molecule has 0 saturated heterocycles. The summed E-state index contributed by atoms with van der Waals surface area (Å²) in [5, 5.41) is 12.5. The maximum atomic E-state index is 11.8. The van der Waals surface area contributed by atoms with Gasteiger partial charge in [0.1, 0.15) is 5.54 Å². The van der Waals surface area contributed by atoms with Crippen molar-refractivity contribution in [3.63, 3.8) is 0 Å². The minimum Gasteiger partial charge on any atom is -0.337 e. The van der Waals surface area contributed by atoms with E-state index < -0.39 is 5.54 Å². The van der Waals surface area contributed by atoms with E-state index in [1.54, 1.807) is 11.8 Å². The maximum absolute atomic E-state index is 11.8. The highest BCUT2D eigenvalue weighted by Gasteiger charge is 2.42. The molecule has 0 heterocycles. The van der Waals surface area contributed by atoms with Crippen LogP contribution < -0.4 is 5.32 Å². The van der Waals surface area contributed by atoms with Crippen LogP contribution in [0.3, 0.4) is 0 Å². The molecule has 0 unspecified atom stereocenters. The Balaban J connectivity index is 2.36. The molecule has 1 rings (SSSR count). The molecular formula is C13H22N2OS. The summed E-state index contributed by atoms with van der Waals surface area (Å²) < 4.78 is 0. The third-order valence-corrected chi connectivity index (χ3v) is 4.94. The van der Waals surface area contributed by atoms with E-state index in [4.69, 9.17) is 5.26 Å². The lowest BCUT2D eigenvalue weighted by atomic mass is 9.98. The number of thioether (sulfide) groups is 1. The first-order valence-corrected chi connectivity index (χ1v) is 7.27. The lowest BCUT2D eigenvalue weighted by Gasteiger charge is -2.23. The molecule has 0 bridgehead atoms. The Hall–Kier alpha value is -0.690. The van der Waals surface area contributed by atoms with E-state index >= 15 is 0 Å². The Morgan fingerprint density at radius 3 is 2.53 bits per heavy atom. The summed E-state index contributed by atoms with van der Waals surface area (Å²) >= 11 is 1.65. The molecule has 2 atom stereocenters. The number of carbonyl (C=O) groups excluding carboxylic acids is 1. The second-order valence-electron chi connectivity index (χ2n) is 5.40. The lowest BCUT2D eigenvalue weighted by Crippen LogP contribution is -2.47. The molecule has 0 aromatic carbocycles. The molecule has 0 aromatic rings. The molecule has 1 amide bonds. The summed E-state index contributed by atoms with van der Waals surface area (Å²) in [7, 11) is 0. The zero-order valence-electron chi connectivity index (χ0n) is 11.1. The Labute approximate surface area is 108 Å². The van der Waals surface area contributed by atoms with Gasteiger partial charge in [-0.15, -0.1) is 11.8 Å². The van der Waals surface area contributed by atoms with Gasteiger partial charge in [0.2, 0.25) is 5.91 Å². The van der Waals surface area contributed by atoms with Crippen molar-refractivity contribution >= 4 is 17.7 Å². The van der Waals surface area contributed by atoms with Gasteiger partial charge in [0.05, 0.1) is 11.8 Å². The molecule has 1 N–H and O–H groups in total.